The zero-order chi connectivity index (χ0) is 13.9. The maximum atomic E-state index is 5.86. The number of fused-ring (bicyclic) bond motifs is 1. The Hall–Kier alpha value is -1.65. The zero-order valence-corrected chi connectivity index (χ0v) is 12.8. The van der Waals surface area contributed by atoms with E-state index in [1.807, 2.05) is 48.7 Å². The lowest BCUT2D eigenvalue weighted by atomic mass is 10.2. The lowest BCUT2D eigenvalue weighted by molar-refractivity contribution is 1.07. The highest BCUT2D eigenvalue weighted by molar-refractivity contribution is 9.10. The molecule has 100 valence electrons. The monoisotopic (exact) mass is 347 g/mol. The summed E-state index contributed by atoms with van der Waals surface area (Å²) in [6.45, 7) is 0.666. The molecule has 5 heteroatoms. The van der Waals surface area contributed by atoms with Crippen molar-refractivity contribution in [1.29, 1.82) is 0 Å². The molecular formula is C15H11BrClN3. The molecule has 3 rings (SSSR count). The molecule has 0 amide bonds. The Morgan fingerprint density at radius 2 is 1.90 bits per heavy atom. The first kappa shape index (κ1) is 13.3. The SMILES string of the molecule is Clc1ccc(CNc2ncc3cc(Br)ccc3n2)cc1. The third kappa shape index (κ3) is 3.08. The first-order valence-corrected chi connectivity index (χ1v) is 7.28. The van der Waals surface area contributed by atoms with Crippen molar-refractivity contribution in [2.45, 2.75) is 6.54 Å². The largest absolute Gasteiger partial charge is 0.350 e. The van der Waals surface area contributed by atoms with Gasteiger partial charge in [-0.15, -0.1) is 0 Å². The van der Waals surface area contributed by atoms with E-state index in [0.717, 1.165) is 26.0 Å². The summed E-state index contributed by atoms with van der Waals surface area (Å²) in [5.74, 6) is 0.620. The second kappa shape index (κ2) is 5.77. The molecule has 0 radical (unpaired) electrons. The average Bonchev–Trinajstić information content (AvgIpc) is 2.46. The van der Waals surface area contributed by atoms with Gasteiger partial charge in [0.15, 0.2) is 0 Å². The van der Waals surface area contributed by atoms with Crippen molar-refractivity contribution in [1.82, 2.24) is 9.97 Å². The van der Waals surface area contributed by atoms with Crippen LogP contribution in [0.4, 0.5) is 5.95 Å². The Bertz CT molecular complexity index is 744. The Kier molecular flexibility index (Phi) is 3.85. The molecule has 1 aromatic heterocycles. The fraction of sp³-hybridized carbons (Fsp3) is 0.0667. The van der Waals surface area contributed by atoms with E-state index in [1.54, 1.807) is 0 Å². The molecule has 3 nitrogen and oxygen atoms in total. The van der Waals surface area contributed by atoms with Crippen LogP contribution in [0.25, 0.3) is 10.9 Å². The normalized spacial score (nSPS) is 10.7. The van der Waals surface area contributed by atoms with Gasteiger partial charge in [0.25, 0.3) is 0 Å². The van der Waals surface area contributed by atoms with Gasteiger partial charge in [0.2, 0.25) is 5.95 Å². The summed E-state index contributed by atoms with van der Waals surface area (Å²) in [5, 5.41) is 4.96. The summed E-state index contributed by atoms with van der Waals surface area (Å²) in [6, 6.07) is 13.6. The molecule has 0 bridgehead atoms. The summed E-state index contributed by atoms with van der Waals surface area (Å²) >= 11 is 9.29. The third-order valence-electron chi connectivity index (χ3n) is 2.91. The van der Waals surface area contributed by atoms with E-state index in [0.29, 0.717) is 12.5 Å². The van der Waals surface area contributed by atoms with E-state index in [2.05, 4.69) is 31.2 Å². The number of anilines is 1. The van der Waals surface area contributed by atoms with Crippen LogP contribution in [0.1, 0.15) is 5.56 Å². The van der Waals surface area contributed by atoms with Gasteiger partial charge in [-0.05, 0) is 35.9 Å². The number of nitrogens with one attached hydrogen (secondary N) is 1. The summed E-state index contributed by atoms with van der Waals surface area (Å²) in [6.07, 6.45) is 1.82. The van der Waals surface area contributed by atoms with E-state index in [9.17, 15) is 0 Å². The predicted molar refractivity (Wildman–Crippen MR) is 86.0 cm³/mol. The van der Waals surface area contributed by atoms with E-state index in [4.69, 9.17) is 11.6 Å². The number of nitrogens with zero attached hydrogens (tertiary/aromatic N) is 2. The molecule has 2 aromatic carbocycles. The highest BCUT2D eigenvalue weighted by Gasteiger charge is 2.01. The van der Waals surface area contributed by atoms with Gasteiger partial charge >= 0.3 is 0 Å². The van der Waals surface area contributed by atoms with Crippen molar-refractivity contribution in [3.05, 3.63) is 63.7 Å². The number of hydrogen-bond donors (Lipinski definition) is 1. The van der Waals surface area contributed by atoms with Crippen molar-refractivity contribution in [3.63, 3.8) is 0 Å². The van der Waals surface area contributed by atoms with Crippen LogP contribution < -0.4 is 5.32 Å². The second-order valence-electron chi connectivity index (χ2n) is 4.38. The molecule has 0 fully saturated rings. The minimum atomic E-state index is 0.620. The van der Waals surface area contributed by atoms with E-state index < -0.39 is 0 Å². The highest BCUT2D eigenvalue weighted by Crippen LogP contribution is 2.18. The van der Waals surface area contributed by atoms with Crippen LogP contribution in [0.2, 0.25) is 5.02 Å². The molecule has 0 aliphatic heterocycles. The van der Waals surface area contributed by atoms with Gasteiger partial charge in [0.1, 0.15) is 0 Å². The molecule has 0 saturated heterocycles. The summed E-state index contributed by atoms with van der Waals surface area (Å²) in [7, 11) is 0. The van der Waals surface area contributed by atoms with Crippen molar-refractivity contribution in [3.8, 4) is 0 Å². The third-order valence-corrected chi connectivity index (χ3v) is 3.65. The Balaban J connectivity index is 1.77. The van der Waals surface area contributed by atoms with Crippen LogP contribution in [0.3, 0.4) is 0 Å². The van der Waals surface area contributed by atoms with Crippen LogP contribution in [-0.2, 0) is 6.54 Å². The summed E-state index contributed by atoms with van der Waals surface area (Å²) in [4.78, 5) is 8.79. The number of aromatic nitrogens is 2. The van der Waals surface area contributed by atoms with Gasteiger partial charge in [-0.2, -0.15) is 0 Å². The molecule has 0 unspecified atom stereocenters. The fourth-order valence-corrected chi connectivity index (χ4v) is 2.38. The summed E-state index contributed by atoms with van der Waals surface area (Å²) < 4.78 is 1.02. The van der Waals surface area contributed by atoms with E-state index in [-0.39, 0.29) is 0 Å². The molecule has 0 atom stereocenters. The average molecular weight is 349 g/mol. The minimum absolute atomic E-state index is 0.620. The van der Waals surface area contributed by atoms with Crippen LogP contribution in [0.5, 0.6) is 0 Å². The van der Waals surface area contributed by atoms with Crippen molar-refractivity contribution >= 4 is 44.4 Å². The van der Waals surface area contributed by atoms with Gasteiger partial charge in [-0.25, -0.2) is 9.97 Å². The van der Waals surface area contributed by atoms with Gasteiger partial charge in [0.05, 0.1) is 5.52 Å². The van der Waals surface area contributed by atoms with Gasteiger partial charge < -0.3 is 5.32 Å². The number of benzene rings is 2. The molecule has 0 spiro atoms. The van der Waals surface area contributed by atoms with Crippen molar-refractivity contribution in [2.75, 3.05) is 5.32 Å². The Morgan fingerprint density at radius 3 is 2.70 bits per heavy atom. The van der Waals surface area contributed by atoms with E-state index >= 15 is 0 Å². The van der Waals surface area contributed by atoms with Gasteiger partial charge in [-0.1, -0.05) is 39.7 Å². The number of halogens is 2. The Labute approximate surface area is 130 Å². The van der Waals surface area contributed by atoms with Gasteiger partial charge in [-0.3, -0.25) is 0 Å². The highest BCUT2D eigenvalue weighted by atomic mass is 79.9. The maximum absolute atomic E-state index is 5.86. The summed E-state index contributed by atoms with van der Waals surface area (Å²) in [5.41, 5.74) is 2.05. The molecular weight excluding hydrogens is 338 g/mol. The standard InChI is InChI=1S/C15H11BrClN3/c16-12-3-6-14-11(7-12)9-19-15(20-14)18-8-10-1-4-13(17)5-2-10/h1-7,9H,8H2,(H,18,19,20). The molecule has 0 aliphatic carbocycles. The molecule has 1 N–H and O–H groups in total. The fourth-order valence-electron chi connectivity index (χ4n) is 1.87. The maximum Gasteiger partial charge on any atom is 0.223 e. The van der Waals surface area contributed by atoms with Crippen molar-refractivity contribution < 1.29 is 0 Å². The smallest absolute Gasteiger partial charge is 0.223 e. The Morgan fingerprint density at radius 1 is 1.10 bits per heavy atom. The lowest BCUT2D eigenvalue weighted by Gasteiger charge is -2.06. The number of rotatable bonds is 3. The first-order chi connectivity index (χ1) is 9.70. The van der Waals surface area contributed by atoms with Crippen LogP contribution in [0.15, 0.2) is 53.1 Å². The minimum Gasteiger partial charge on any atom is -0.350 e. The number of hydrogen-bond acceptors (Lipinski definition) is 3. The molecule has 20 heavy (non-hydrogen) atoms. The molecule has 0 aliphatic rings. The molecule has 0 saturated carbocycles. The van der Waals surface area contributed by atoms with Crippen LogP contribution in [0, 0.1) is 0 Å². The molecule has 3 aromatic rings. The van der Waals surface area contributed by atoms with Crippen molar-refractivity contribution in [2.24, 2.45) is 0 Å². The zero-order valence-electron chi connectivity index (χ0n) is 10.5. The van der Waals surface area contributed by atoms with Crippen LogP contribution >= 0.6 is 27.5 Å². The van der Waals surface area contributed by atoms with Gasteiger partial charge in [0, 0.05) is 27.6 Å². The first-order valence-electron chi connectivity index (χ1n) is 6.11. The topological polar surface area (TPSA) is 37.8 Å². The quantitative estimate of drug-likeness (QED) is 0.748. The van der Waals surface area contributed by atoms with Crippen LogP contribution in [-0.4, -0.2) is 9.97 Å². The molecule has 1 heterocycles. The predicted octanol–water partition coefficient (Wildman–Crippen LogP) is 4.66. The second-order valence-corrected chi connectivity index (χ2v) is 5.73. The lowest BCUT2D eigenvalue weighted by Crippen LogP contribution is -2.03. The van der Waals surface area contributed by atoms with E-state index in [1.165, 1.54) is 0 Å².